The van der Waals surface area contributed by atoms with E-state index in [4.69, 9.17) is 14.9 Å². The lowest BCUT2D eigenvalue weighted by molar-refractivity contribution is -0.139. The average Bonchev–Trinajstić information content (AvgIpc) is 3.20. The van der Waals surface area contributed by atoms with Gasteiger partial charge in [0.05, 0.1) is 9.47 Å². The molecule has 2 aromatic carbocycles. The maximum atomic E-state index is 12.0. The predicted octanol–water partition coefficient (Wildman–Crippen LogP) is 4.93. The Morgan fingerprint density at radius 3 is 1.62 bits per heavy atom. The Morgan fingerprint density at radius 1 is 0.821 bits per heavy atom. The molecule has 216 valence electrons. The first-order valence-corrected chi connectivity index (χ1v) is 14.2. The van der Waals surface area contributed by atoms with Crippen LogP contribution in [0.2, 0.25) is 0 Å². The molecule has 0 saturated heterocycles. The number of carbonyl (C=O) groups excluding carboxylic acids is 2. The maximum Gasteiger partial charge on any atom is 0.410 e. The van der Waals surface area contributed by atoms with Crippen molar-refractivity contribution in [2.24, 2.45) is 0 Å². The van der Waals surface area contributed by atoms with E-state index in [9.17, 15) is 19.2 Å². The predicted molar refractivity (Wildman–Crippen MR) is 161 cm³/mol. The second-order valence-corrected chi connectivity index (χ2v) is 9.77. The molecule has 0 bridgehead atoms. The fourth-order valence-corrected chi connectivity index (χ4v) is 4.83. The molecule has 2 aromatic rings. The number of rotatable bonds is 10. The van der Waals surface area contributed by atoms with Crippen LogP contribution < -0.4 is 10.6 Å². The summed E-state index contributed by atoms with van der Waals surface area (Å²) in [6, 6.07) is 14.3. The summed E-state index contributed by atoms with van der Waals surface area (Å²) in [6.45, 7) is 0.172. The van der Waals surface area contributed by atoms with Crippen LogP contribution in [0.1, 0.15) is 31.9 Å². The number of carboxylic acid groups (broad SMARTS) is 2. The summed E-state index contributed by atoms with van der Waals surface area (Å²) in [5, 5.41) is 22.2. The molecule has 4 N–H and O–H groups in total. The van der Waals surface area contributed by atoms with E-state index in [0.29, 0.717) is 11.5 Å². The molecule has 0 saturated carbocycles. The summed E-state index contributed by atoms with van der Waals surface area (Å²) >= 11 is 2.69. The smallest absolute Gasteiger partial charge is 0.410 e. The summed E-state index contributed by atoms with van der Waals surface area (Å²) in [4.78, 5) is 44.2. The van der Waals surface area contributed by atoms with E-state index in [0.717, 1.165) is 22.3 Å². The highest BCUT2D eigenvalue weighted by Gasteiger charge is 2.29. The SMILES string of the molecule is C.C.CSC[C@H](NC(=O)OCC1c2ccccc2-c2ccccc21)C(=O)O.CSC[C@H](NC(=O)OP)C(=O)O. The second-order valence-electron chi connectivity index (χ2n) is 7.71. The third-order valence-corrected chi connectivity index (χ3v) is 6.85. The fraction of sp³-hybridized carbons (Fsp3) is 0.385. The minimum Gasteiger partial charge on any atom is -0.480 e. The third kappa shape index (κ3) is 10.6. The van der Waals surface area contributed by atoms with Crippen molar-refractivity contribution >= 4 is 57.1 Å². The summed E-state index contributed by atoms with van der Waals surface area (Å²) < 4.78 is 9.52. The van der Waals surface area contributed by atoms with E-state index in [2.05, 4.69) is 27.3 Å². The number of carboxylic acids is 2. The second kappa shape index (κ2) is 18.4. The van der Waals surface area contributed by atoms with E-state index in [1.165, 1.54) is 23.5 Å². The highest BCUT2D eigenvalue weighted by Crippen LogP contribution is 2.44. The first-order valence-electron chi connectivity index (χ1n) is 11.0. The van der Waals surface area contributed by atoms with Crippen molar-refractivity contribution in [2.45, 2.75) is 32.9 Å². The van der Waals surface area contributed by atoms with E-state index >= 15 is 0 Å². The summed E-state index contributed by atoms with van der Waals surface area (Å²) in [5.74, 6) is -1.57. The monoisotopic (exact) mass is 600 g/mol. The fourth-order valence-electron chi connectivity index (χ4n) is 3.64. The molecule has 13 heteroatoms. The molecular weight excluding hydrogens is 563 g/mol. The van der Waals surface area contributed by atoms with Gasteiger partial charge < -0.3 is 30.1 Å². The Bertz CT molecular complexity index is 1060. The van der Waals surface area contributed by atoms with Gasteiger partial charge in [0.2, 0.25) is 0 Å². The van der Waals surface area contributed by atoms with Gasteiger partial charge >= 0.3 is 24.1 Å². The highest BCUT2D eigenvalue weighted by atomic mass is 32.2. The quantitative estimate of drug-likeness (QED) is 0.276. The lowest BCUT2D eigenvalue weighted by Crippen LogP contribution is -2.43. The van der Waals surface area contributed by atoms with Crippen molar-refractivity contribution in [3.8, 4) is 11.1 Å². The highest BCUT2D eigenvalue weighted by molar-refractivity contribution is 7.98. The Balaban J connectivity index is 0.000000888. The van der Waals surface area contributed by atoms with Gasteiger partial charge in [-0.2, -0.15) is 23.5 Å². The Kier molecular flexibility index (Phi) is 17.0. The molecule has 0 radical (unpaired) electrons. The number of nitrogens with one attached hydrogen (secondary N) is 2. The van der Waals surface area contributed by atoms with Crippen molar-refractivity contribution in [3.63, 3.8) is 0 Å². The zero-order valence-electron chi connectivity index (χ0n) is 20.2. The molecule has 0 fully saturated rings. The minimum absolute atomic E-state index is 0. The number of amides is 2. The van der Waals surface area contributed by atoms with Crippen LogP contribution in [-0.4, -0.2) is 77.0 Å². The Labute approximate surface area is 240 Å². The van der Waals surface area contributed by atoms with Gasteiger partial charge in [-0.15, -0.1) is 0 Å². The maximum absolute atomic E-state index is 12.0. The zero-order chi connectivity index (χ0) is 27.4. The van der Waals surface area contributed by atoms with Crippen LogP contribution in [0, 0.1) is 0 Å². The van der Waals surface area contributed by atoms with Crippen molar-refractivity contribution in [1.29, 1.82) is 0 Å². The largest absolute Gasteiger partial charge is 0.480 e. The molecule has 0 spiro atoms. The standard InChI is InChI=1S/C19H19NO4S.C5H10NO4PS.2CH4/c1-25-11-17(18(21)22)20-19(23)24-10-16-14-8-4-2-6-12(14)13-7-3-5-9-15(13)16;1-12-2-3(4(7)8)6-5(9)10-11;;/h2-9,16-17H,10-11H2,1H3,(H,20,23)(H,21,22);3H,2,11H2,1H3,(H,6,9)(H,7,8);2*1H4/t17-;3-;;/m00../s1. The van der Waals surface area contributed by atoms with Crippen LogP contribution in [0.15, 0.2) is 48.5 Å². The van der Waals surface area contributed by atoms with Gasteiger partial charge in [-0.1, -0.05) is 63.4 Å². The molecule has 2 amide bonds. The van der Waals surface area contributed by atoms with Crippen molar-refractivity contribution in [3.05, 3.63) is 59.7 Å². The lowest BCUT2D eigenvalue weighted by Gasteiger charge is -2.17. The third-order valence-electron chi connectivity index (χ3n) is 5.30. The van der Waals surface area contributed by atoms with Crippen molar-refractivity contribution in [2.75, 3.05) is 30.6 Å². The van der Waals surface area contributed by atoms with Crippen LogP contribution >= 0.6 is 33.0 Å². The number of hydrogen-bond donors (Lipinski definition) is 4. The van der Waals surface area contributed by atoms with Gasteiger partial charge in [0.15, 0.2) is 0 Å². The molecule has 3 atom stereocenters. The van der Waals surface area contributed by atoms with Crippen molar-refractivity contribution < 1.29 is 38.7 Å². The van der Waals surface area contributed by atoms with Crippen LogP contribution in [0.4, 0.5) is 9.59 Å². The van der Waals surface area contributed by atoms with E-state index < -0.39 is 36.2 Å². The number of thioether (sulfide) groups is 2. The number of ether oxygens (including phenoxy) is 1. The molecule has 0 aliphatic heterocycles. The Hall–Kier alpha value is -2.95. The summed E-state index contributed by atoms with van der Waals surface area (Å²) in [7, 11) is 1.74. The van der Waals surface area contributed by atoms with E-state index in [-0.39, 0.29) is 27.4 Å². The molecule has 3 rings (SSSR count). The summed E-state index contributed by atoms with van der Waals surface area (Å²) in [6.07, 6.45) is 2.07. The first-order chi connectivity index (χ1) is 17.7. The first kappa shape index (κ1) is 36.0. The average molecular weight is 601 g/mol. The number of benzene rings is 2. The molecule has 0 aromatic heterocycles. The molecule has 10 nitrogen and oxygen atoms in total. The van der Waals surface area contributed by atoms with E-state index in [1.54, 1.807) is 22.0 Å². The van der Waals surface area contributed by atoms with Gasteiger partial charge in [-0.3, -0.25) is 0 Å². The molecular formula is C26H37N2O8PS2. The molecule has 1 aliphatic carbocycles. The van der Waals surface area contributed by atoms with E-state index in [1.807, 2.05) is 36.4 Å². The number of carbonyl (C=O) groups is 4. The van der Waals surface area contributed by atoms with Gasteiger partial charge in [-0.25, -0.2) is 19.2 Å². The number of aliphatic carboxylic acids is 2. The van der Waals surface area contributed by atoms with Crippen LogP contribution in [-0.2, 0) is 18.8 Å². The number of alkyl carbamates (subject to hydrolysis) is 1. The van der Waals surface area contributed by atoms with Gasteiger partial charge in [0.25, 0.3) is 0 Å². The van der Waals surface area contributed by atoms with Gasteiger partial charge in [0, 0.05) is 17.4 Å². The van der Waals surface area contributed by atoms with Crippen LogP contribution in [0.5, 0.6) is 0 Å². The lowest BCUT2D eigenvalue weighted by atomic mass is 9.98. The van der Waals surface area contributed by atoms with Gasteiger partial charge in [0.1, 0.15) is 18.7 Å². The minimum atomic E-state index is -1.07. The molecule has 1 unspecified atom stereocenters. The number of hydrogen-bond acceptors (Lipinski definition) is 8. The topological polar surface area (TPSA) is 151 Å². The summed E-state index contributed by atoms with van der Waals surface area (Å²) in [5.41, 5.74) is 4.54. The van der Waals surface area contributed by atoms with Crippen LogP contribution in [0.25, 0.3) is 11.1 Å². The zero-order valence-corrected chi connectivity index (χ0v) is 23.0. The van der Waals surface area contributed by atoms with Crippen LogP contribution in [0.3, 0.4) is 0 Å². The molecule has 39 heavy (non-hydrogen) atoms. The number of fused-ring (bicyclic) bond motifs is 3. The normalized spacial score (nSPS) is 12.4. The van der Waals surface area contributed by atoms with Crippen molar-refractivity contribution in [1.82, 2.24) is 10.6 Å². The van der Waals surface area contributed by atoms with Gasteiger partial charge in [-0.05, 0) is 34.8 Å². The molecule has 1 aliphatic rings. The Morgan fingerprint density at radius 2 is 1.23 bits per heavy atom. The molecule has 0 heterocycles.